The van der Waals surface area contributed by atoms with Crippen LogP contribution in [0.15, 0.2) is 54.6 Å². The van der Waals surface area contributed by atoms with E-state index in [2.05, 4.69) is 10.3 Å². The smallest absolute Gasteiger partial charge is 0.252 e. The van der Waals surface area contributed by atoms with Gasteiger partial charge in [0.2, 0.25) is 0 Å². The highest BCUT2D eigenvalue weighted by Gasteiger charge is 2.18. The van der Waals surface area contributed by atoms with Crippen LogP contribution >= 0.6 is 0 Å². The molecule has 0 aliphatic heterocycles. The van der Waals surface area contributed by atoms with Crippen molar-refractivity contribution in [3.05, 3.63) is 77.2 Å². The minimum atomic E-state index is -0.389. The second kappa shape index (κ2) is 7.40. The fraction of sp³-hybridized carbons (Fsp3) is 0.200. The van der Waals surface area contributed by atoms with Gasteiger partial charge in [0.25, 0.3) is 5.91 Å². The van der Waals surface area contributed by atoms with Crippen LogP contribution in [0.4, 0.5) is 4.39 Å². The topological polar surface area (TPSA) is 62.2 Å². The number of aromatic nitrogens is 1. The summed E-state index contributed by atoms with van der Waals surface area (Å²) in [6.07, 6.45) is 0.409. The Bertz CT molecular complexity index is 892. The fourth-order valence-corrected chi connectivity index (χ4v) is 2.89. The highest BCUT2D eigenvalue weighted by molar-refractivity contribution is 6.06. The van der Waals surface area contributed by atoms with Crippen molar-refractivity contribution in [2.75, 3.05) is 6.61 Å². The van der Waals surface area contributed by atoms with Crippen molar-refractivity contribution in [3.8, 4) is 0 Å². The van der Waals surface area contributed by atoms with Gasteiger partial charge in [-0.1, -0.05) is 30.3 Å². The van der Waals surface area contributed by atoms with Gasteiger partial charge < -0.3 is 10.4 Å². The minimum Gasteiger partial charge on any atom is -0.396 e. The molecule has 0 unspecified atom stereocenters. The number of carbonyl (C=O) groups is 1. The molecule has 2 aromatic carbocycles. The molecule has 0 aliphatic carbocycles. The summed E-state index contributed by atoms with van der Waals surface area (Å²) in [6, 6.07) is 15.1. The monoisotopic (exact) mass is 338 g/mol. The van der Waals surface area contributed by atoms with Gasteiger partial charge in [-0.3, -0.25) is 9.78 Å². The molecule has 0 saturated heterocycles. The molecule has 0 saturated carbocycles. The molecule has 5 heteroatoms. The number of aryl methyl sites for hydroxylation is 1. The lowest BCUT2D eigenvalue weighted by atomic mass is 10.0. The zero-order valence-electron chi connectivity index (χ0n) is 13.9. The summed E-state index contributed by atoms with van der Waals surface area (Å²) in [5, 5.41) is 12.9. The molecule has 0 spiro atoms. The Morgan fingerprint density at radius 1 is 1.20 bits per heavy atom. The number of benzene rings is 2. The Kier molecular flexibility index (Phi) is 5.05. The number of aliphatic hydroxyl groups excluding tert-OH is 1. The van der Waals surface area contributed by atoms with Gasteiger partial charge in [-0.25, -0.2) is 4.39 Å². The molecule has 4 nitrogen and oxygen atoms in total. The van der Waals surface area contributed by atoms with Gasteiger partial charge in [0.15, 0.2) is 0 Å². The fourth-order valence-electron chi connectivity index (χ4n) is 2.89. The van der Waals surface area contributed by atoms with Crippen LogP contribution in [0.3, 0.4) is 0 Å². The number of hydrogen-bond acceptors (Lipinski definition) is 3. The lowest BCUT2D eigenvalue weighted by Gasteiger charge is -2.19. The van der Waals surface area contributed by atoms with Crippen molar-refractivity contribution in [1.82, 2.24) is 10.3 Å². The lowest BCUT2D eigenvalue weighted by Crippen LogP contribution is -2.29. The van der Waals surface area contributed by atoms with E-state index in [1.54, 1.807) is 19.1 Å². The summed E-state index contributed by atoms with van der Waals surface area (Å²) in [7, 11) is 0. The number of halogens is 1. The van der Waals surface area contributed by atoms with E-state index in [1.165, 1.54) is 12.1 Å². The average Bonchev–Trinajstić information content (AvgIpc) is 2.61. The molecule has 25 heavy (non-hydrogen) atoms. The Balaban J connectivity index is 1.96. The first kappa shape index (κ1) is 17.0. The molecule has 2 N–H and O–H groups in total. The Hall–Kier alpha value is -2.79. The largest absolute Gasteiger partial charge is 0.396 e. The van der Waals surface area contributed by atoms with Gasteiger partial charge in [0, 0.05) is 23.8 Å². The van der Waals surface area contributed by atoms with E-state index in [0.717, 1.165) is 5.56 Å². The van der Waals surface area contributed by atoms with E-state index in [4.69, 9.17) is 0 Å². The van der Waals surface area contributed by atoms with Gasteiger partial charge in [0.1, 0.15) is 5.82 Å². The van der Waals surface area contributed by atoms with Crippen molar-refractivity contribution < 1.29 is 14.3 Å². The number of amides is 1. The van der Waals surface area contributed by atoms with E-state index in [-0.39, 0.29) is 24.4 Å². The molecule has 1 aromatic heterocycles. The summed E-state index contributed by atoms with van der Waals surface area (Å²) >= 11 is 0. The van der Waals surface area contributed by atoms with Crippen molar-refractivity contribution in [2.24, 2.45) is 0 Å². The molecule has 0 aliphatic rings. The summed E-state index contributed by atoms with van der Waals surface area (Å²) in [5.41, 5.74) is 2.46. The average molecular weight is 338 g/mol. The maximum absolute atomic E-state index is 13.5. The second-order valence-corrected chi connectivity index (χ2v) is 5.92. The first-order chi connectivity index (χ1) is 12.1. The molecular weight excluding hydrogens is 319 g/mol. The number of aliphatic hydroxyl groups is 1. The predicted octanol–water partition coefficient (Wildman–Crippen LogP) is 3.54. The highest BCUT2D eigenvalue weighted by Crippen LogP contribution is 2.22. The number of pyridine rings is 1. The Morgan fingerprint density at radius 3 is 2.68 bits per heavy atom. The summed E-state index contributed by atoms with van der Waals surface area (Å²) < 4.78 is 13.5. The maximum atomic E-state index is 13.5. The van der Waals surface area contributed by atoms with Crippen LogP contribution in [0.1, 0.15) is 34.1 Å². The second-order valence-electron chi connectivity index (χ2n) is 5.92. The molecule has 0 fully saturated rings. The number of hydrogen-bond donors (Lipinski definition) is 2. The van der Waals surface area contributed by atoms with E-state index in [9.17, 15) is 14.3 Å². The normalized spacial score (nSPS) is 12.1. The Morgan fingerprint density at radius 2 is 1.96 bits per heavy atom. The van der Waals surface area contributed by atoms with Gasteiger partial charge >= 0.3 is 0 Å². The van der Waals surface area contributed by atoms with Crippen molar-refractivity contribution in [1.29, 1.82) is 0 Å². The van der Waals surface area contributed by atoms with Gasteiger partial charge in [0.05, 0.1) is 17.1 Å². The van der Waals surface area contributed by atoms with Crippen molar-refractivity contribution >= 4 is 16.8 Å². The third-order valence-corrected chi connectivity index (χ3v) is 4.07. The van der Waals surface area contributed by atoms with Gasteiger partial charge in [-0.05, 0) is 37.1 Å². The molecule has 1 heterocycles. The minimum absolute atomic E-state index is 0.0405. The molecule has 1 atom stereocenters. The van der Waals surface area contributed by atoms with Gasteiger partial charge in [-0.2, -0.15) is 0 Å². The van der Waals surface area contributed by atoms with Gasteiger partial charge in [-0.15, -0.1) is 0 Å². The summed E-state index contributed by atoms with van der Waals surface area (Å²) in [5.74, 6) is -0.663. The molecular formula is C20H19FN2O2. The van der Waals surface area contributed by atoms with Crippen LogP contribution in [-0.2, 0) is 0 Å². The molecule has 0 bridgehead atoms. The Labute approximate surface area is 145 Å². The number of rotatable bonds is 5. The number of carbonyl (C=O) groups excluding carboxylic acids is 1. The van der Waals surface area contributed by atoms with E-state index < -0.39 is 0 Å². The zero-order chi connectivity index (χ0) is 17.8. The molecule has 128 valence electrons. The number of nitrogens with one attached hydrogen (secondary N) is 1. The quantitative estimate of drug-likeness (QED) is 0.748. The lowest BCUT2D eigenvalue weighted by molar-refractivity contribution is 0.0931. The number of nitrogens with zero attached hydrogens (tertiary/aromatic N) is 1. The van der Waals surface area contributed by atoms with E-state index in [1.807, 2.05) is 30.3 Å². The molecule has 3 rings (SSSR count). The maximum Gasteiger partial charge on any atom is 0.252 e. The SMILES string of the molecule is Cc1cc(C(=O)N[C@H](CCO)c2ccccc2)c2ccc(F)cc2n1. The van der Waals surface area contributed by atoms with E-state index >= 15 is 0 Å². The van der Waals surface area contributed by atoms with Crippen LogP contribution < -0.4 is 5.32 Å². The third kappa shape index (κ3) is 3.83. The van der Waals surface area contributed by atoms with Crippen LogP contribution in [0.2, 0.25) is 0 Å². The van der Waals surface area contributed by atoms with Crippen LogP contribution in [0.5, 0.6) is 0 Å². The molecule has 3 aromatic rings. The van der Waals surface area contributed by atoms with Crippen LogP contribution in [0, 0.1) is 12.7 Å². The first-order valence-corrected chi connectivity index (χ1v) is 8.12. The van der Waals surface area contributed by atoms with E-state index in [0.29, 0.717) is 28.6 Å². The standard InChI is InChI=1S/C20H19FN2O2/c1-13-11-17(16-8-7-15(21)12-19(16)22-13)20(25)23-18(9-10-24)14-5-3-2-4-6-14/h2-8,11-12,18,24H,9-10H2,1H3,(H,23,25)/t18-/m1/s1. The highest BCUT2D eigenvalue weighted by atomic mass is 19.1. The third-order valence-electron chi connectivity index (χ3n) is 4.07. The summed E-state index contributed by atoms with van der Waals surface area (Å²) in [6.45, 7) is 1.73. The molecule has 0 radical (unpaired) electrons. The first-order valence-electron chi connectivity index (χ1n) is 8.12. The van der Waals surface area contributed by atoms with Crippen LogP contribution in [0.25, 0.3) is 10.9 Å². The predicted molar refractivity (Wildman–Crippen MR) is 94.8 cm³/mol. The summed E-state index contributed by atoms with van der Waals surface area (Å²) in [4.78, 5) is 17.1. The molecule has 1 amide bonds. The van der Waals surface area contributed by atoms with Crippen molar-refractivity contribution in [3.63, 3.8) is 0 Å². The number of fused-ring (bicyclic) bond motifs is 1. The zero-order valence-corrected chi connectivity index (χ0v) is 13.9. The van der Waals surface area contributed by atoms with Crippen LogP contribution in [-0.4, -0.2) is 22.6 Å². The van der Waals surface area contributed by atoms with Crippen molar-refractivity contribution in [2.45, 2.75) is 19.4 Å².